The van der Waals surface area contributed by atoms with Crippen molar-refractivity contribution in [3.05, 3.63) is 54.6 Å². The molecule has 182 valence electrons. The van der Waals surface area contributed by atoms with Crippen LogP contribution in [0.2, 0.25) is 0 Å². The summed E-state index contributed by atoms with van der Waals surface area (Å²) in [4.78, 5) is 0. The molecule has 0 amide bonds. The fourth-order valence-corrected chi connectivity index (χ4v) is 12.4. The van der Waals surface area contributed by atoms with E-state index in [1.165, 1.54) is 0 Å². The number of rotatable bonds is 11. The van der Waals surface area contributed by atoms with E-state index in [0.29, 0.717) is 34.5 Å². The van der Waals surface area contributed by atoms with Gasteiger partial charge in [0.25, 0.3) is 0 Å². The van der Waals surface area contributed by atoms with E-state index in [0.717, 1.165) is 21.7 Å². The lowest BCUT2D eigenvalue weighted by Gasteiger charge is -2.31. The van der Waals surface area contributed by atoms with Crippen molar-refractivity contribution in [2.24, 2.45) is 0 Å². The molecule has 0 bridgehead atoms. The highest BCUT2D eigenvalue weighted by molar-refractivity contribution is 8.69. The van der Waals surface area contributed by atoms with Crippen LogP contribution in [0.3, 0.4) is 0 Å². The molecule has 0 aromatic heterocycles. The van der Waals surface area contributed by atoms with Gasteiger partial charge in [-0.1, -0.05) is 25.1 Å². The summed E-state index contributed by atoms with van der Waals surface area (Å²) in [5, 5.41) is 2.74. The first-order chi connectivity index (χ1) is 16.6. The second kappa shape index (κ2) is 11.6. The average molecular weight is 504 g/mol. The smallest absolute Gasteiger partial charge is 0.199 e. The maximum Gasteiger partial charge on any atom is 0.199 e. The van der Waals surface area contributed by atoms with Crippen molar-refractivity contribution in [2.45, 2.75) is 6.92 Å². The Morgan fingerprint density at radius 1 is 0.500 bits per heavy atom. The molecule has 0 N–H and O–H groups in total. The van der Waals surface area contributed by atoms with Gasteiger partial charge in [-0.05, 0) is 36.4 Å². The van der Waals surface area contributed by atoms with Crippen LogP contribution in [0.4, 0.5) is 0 Å². The molecule has 0 unspecified atom stereocenters. The lowest BCUT2D eigenvalue weighted by atomic mass is 10.3. The Kier molecular flexibility index (Phi) is 8.81. The summed E-state index contributed by atoms with van der Waals surface area (Å²) in [6.45, 7) is -0.581. The Labute approximate surface area is 206 Å². The zero-order valence-electron chi connectivity index (χ0n) is 20.7. The van der Waals surface area contributed by atoms with Crippen LogP contribution < -0.4 is 44.3 Å². The Hall–Kier alpha value is -2.76. The Morgan fingerprint density at radius 2 is 0.735 bits per heavy atom. The molecule has 0 fully saturated rings. The lowest BCUT2D eigenvalue weighted by molar-refractivity contribution is 0.398. The summed E-state index contributed by atoms with van der Waals surface area (Å²) in [5.74, 6) is 5.01. The predicted molar refractivity (Wildman–Crippen MR) is 143 cm³/mol. The summed E-state index contributed by atoms with van der Waals surface area (Å²) < 4.78 is 35.7. The second-order valence-corrected chi connectivity index (χ2v) is 12.9. The zero-order chi connectivity index (χ0) is 24.7. The van der Waals surface area contributed by atoms with Crippen LogP contribution in [0.25, 0.3) is 0 Å². The van der Waals surface area contributed by atoms with Gasteiger partial charge in [-0.2, -0.15) is 0 Å². The molecular formula is C26H32O6PS+. The molecule has 3 aromatic rings. The minimum absolute atomic E-state index is 0.703. The van der Waals surface area contributed by atoms with Crippen molar-refractivity contribution in [3.8, 4) is 34.5 Å². The van der Waals surface area contributed by atoms with Crippen LogP contribution in [0, 0.1) is 0 Å². The molecule has 0 radical (unpaired) electrons. The third-order valence-corrected chi connectivity index (χ3v) is 12.9. The van der Waals surface area contributed by atoms with Crippen molar-refractivity contribution in [3.63, 3.8) is 0 Å². The first-order valence-corrected chi connectivity index (χ1v) is 14.1. The molecule has 8 heteroatoms. The van der Waals surface area contributed by atoms with Crippen molar-refractivity contribution in [2.75, 3.05) is 48.4 Å². The van der Waals surface area contributed by atoms with Crippen LogP contribution in [0.5, 0.6) is 34.5 Å². The van der Waals surface area contributed by atoms with Crippen molar-refractivity contribution in [1.82, 2.24) is 0 Å². The summed E-state index contributed by atoms with van der Waals surface area (Å²) >= 11 is 1.79. The quantitative estimate of drug-likeness (QED) is 0.352. The van der Waals surface area contributed by atoms with Crippen LogP contribution in [-0.2, 0) is 0 Å². The molecule has 3 rings (SSSR count). The summed E-state index contributed by atoms with van der Waals surface area (Å²) in [6, 6.07) is 17.5. The summed E-state index contributed by atoms with van der Waals surface area (Å²) in [6.07, 6.45) is 0. The molecule has 34 heavy (non-hydrogen) atoms. The van der Waals surface area contributed by atoms with E-state index in [2.05, 4.69) is 6.92 Å². The van der Waals surface area contributed by atoms with Gasteiger partial charge < -0.3 is 28.4 Å². The summed E-state index contributed by atoms with van der Waals surface area (Å²) in [5.41, 5.74) is 0. The number of hydrogen-bond donors (Lipinski definition) is 0. The van der Waals surface area contributed by atoms with E-state index in [4.69, 9.17) is 28.4 Å². The number of benzene rings is 3. The van der Waals surface area contributed by atoms with E-state index in [-0.39, 0.29) is 0 Å². The molecule has 0 atom stereocenters. The molecule has 6 nitrogen and oxygen atoms in total. The first kappa shape index (κ1) is 25.9. The fraction of sp³-hybridized carbons (Fsp3) is 0.308. The fourth-order valence-electron chi connectivity index (χ4n) is 4.15. The van der Waals surface area contributed by atoms with Gasteiger partial charge in [0.2, 0.25) is 0 Å². The van der Waals surface area contributed by atoms with Crippen molar-refractivity contribution >= 4 is 33.8 Å². The van der Waals surface area contributed by atoms with Gasteiger partial charge in [0, 0.05) is 17.1 Å². The van der Waals surface area contributed by atoms with Crippen LogP contribution >= 0.6 is 17.8 Å². The van der Waals surface area contributed by atoms with Gasteiger partial charge in [0.1, 0.15) is 0 Å². The highest BCUT2D eigenvalue weighted by Gasteiger charge is 2.58. The highest BCUT2D eigenvalue weighted by Crippen LogP contribution is 2.73. The van der Waals surface area contributed by atoms with Gasteiger partial charge in [-0.3, -0.25) is 0 Å². The van der Waals surface area contributed by atoms with E-state index < -0.39 is 6.46 Å². The normalized spacial score (nSPS) is 11.0. The van der Waals surface area contributed by atoms with E-state index in [1.54, 1.807) is 54.0 Å². The summed E-state index contributed by atoms with van der Waals surface area (Å²) in [7, 11) is 10.0. The lowest BCUT2D eigenvalue weighted by Crippen LogP contribution is -2.34. The van der Waals surface area contributed by atoms with Crippen molar-refractivity contribution in [1.29, 1.82) is 0 Å². The first-order valence-electron chi connectivity index (χ1n) is 10.8. The topological polar surface area (TPSA) is 55.4 Å². The van der Waals surface area contributed by atoms with E-state index in [1.807, 2.05) is 54.6 Å². The van der Waals surface area contributed by atoms with Crippen LogP contribution in [0.1, 0.15) is 6.92 Å². The minimum atomic E-state index is -2.71. The molecule has 0 aliphatic heterocycles. The van der Waals surface area contributed by atoms with Crippen LogP contribution in [-0.4, -0.2) is 48.4 Å². The number of ether oxygens (including phenoxy) is 6. The molecule has 0 saturated carbocycles. The largest absolute Gasteiger partial charge is 0.492 e. The maximum absolute atomic E-state index is 5.95. The van der Waals surface area contributed by atoms with Gasteiger partial charge >= 0.3 is 0 Å². The van der Waals surface area contributed by atoms with Crippen LogP contribution in [0.15, 0.2) is 54.6 Å². The minimum Gasteiger partial charge on any atom is -0.492 e. The third kappa shape index (κ3) is 4.35. The van der Waals surface area contributed by atoms with Gasteiger partial charge in [-0.15, -0.1) is 0 Å². The van der Waals surface area contributed by atoms with Gasteiger partial charge in [-0.25, -0.2) is 0 Å². The van der Waals surface area contributed by atoms with Gasteiger partial charge in [0.15, 0.2) is 56.9 Å². The molecule has 0 aliphatic carbocycles. The molecule has 3 aromatic carbocycles. The Balaban J connectivity index is 2.70. The van der Waals surface area contributed by atoms with Crippen molar-refractivity contribution < 1.29 is 28.4 Å². The Bertz CT molecular complexity index is 919. The predicted octanol–water partition coefficient (Wildman–Crippen LogP) is 4.70. The zero-order valence-corrected chi connectivity index (χ0v) is 22.4. The van der Waals surface area contributed by atoms with E-state index in [9.17, 15) is 0 Å². The average Bonchev–Trinajstić information content (AvgIpc) is 2.90. The van der Waals surface area contributed by atoms with E-state index >= 15 is 0 Å². The molecule has 0 heterocycles. The molecule has 0 spiro atoms. The molecular weight excluding hydrogens is 471 g/mol. The number of hydrogen-bond acceptors (Lipinski definition) is 7. The SMILES string of the molecule is CCS[P+](c1c(OC)cccc1OC)(c1c(OC)cccc1OC)c1c(OC)cccc1OC. The standard InChI is InChI=1S/C26H32O6PS/c1-8-34-33(24-18(27-2)12-9-13-19(24)28-3,25-20(29-4)14-10-15-21(25)30-5)26-22(31-6)16-11-17-23(26)32-7/h9-17H,8H2,1-7H3/q+1. The number of methoxy groups -OCH3 is 6. The van der Waals surface area contributed by atoms with Gasteiger partial charge in [0.05, 0.1) is 42.7 Å². The highest BCUT2D eigenvalue weighted by atomic mass is 32.7. The maximum atomic E-state index is 5.95. The monoisotopic (exact) mass is 503 g/mol. The molecule has 0 aliphatic rings. The molecule has 0 saturated heterocycles. The second-order valence-electron chi connectivity index (χ2n) is 7.06. The Morgan fingerprint density at radius 3 is 0.912 bits per heavy atom. The third-order valence-electron chi connectivity index (χ3n) is 5.47.